The third-order valence-electron chi connectivity index (χ3n) is 5.26. The summed E-state index contributed by atoms with van der Waals surface area (Å²) in [7, 11) is 0. The quantitative estimate of drug-likeness (QED) is 0.528. The molecule has 1 rings (SSSR count). The van der Waals surface area contributed by atoms with Crippen LogP contribution in [0.2, 0.25) is 0 Å². The Kier molecular flexibility index (Phi) is 8.84. The summed E-state index contributed by atoms with van der Waals surface area (Å²) in [5.74, 6) is 2.64. The first-order valence-corrected chi connectivity index (χ1v) is 9.30. The molecule has 1 aliphatic rings. The van der Waals surface area contributed by atoms with Crippen LogP contribution in [0.1, 0.15) is 92.4 Å². The SMILES string of the molecule is CCCCCCCC(C)NC1CC(C)CCC1C(C)C. The normalized spacial score (nSPS) is 28.8. The highest BCUT2D eigenvalue weighted by Gasteiger charge is 2.30. The highest BCUT2D eigenvalue weighted by atomic mass is 15.0. The monoisotopic (exact) mass is 281 g/mol. The average Bonchev–Trinajstić information content (AvgIpc) is 2.38. The Morgan fingerprint density at radius 1 is 1.00 bits per heavy atom. The minimum atomic E-state index is 0.702. The molecule has 0 radical (unpaired) electrons. The number of rotatable bonds is 9. The second-order valence-electron chi connectivity index (χ2n) is 7.70. The van der Waals surface area contributed by atoms with Crippen LogP contribution in [0.4, 0.5) is 0 Å². The molecule has 0 aromatic heterocycles. The van der Waals surface area contributed by atoms with Crippen LogP contribution in [0.15, 0.2) is 0 Å². The molecule has 0 aromatic rings. The van der Waals surface area contributed by atoms with Crippen LogP contribution in [0, 0.1) is 17.8 Å². The maximum absolute atomic E-state index is 3.97. The fraction of sp³-hybridized carbons (Fsp3) is 1.00. The van der Waals surface area contributed by atoms with E-state index in [1.807, 2.05) is 0 Å². The highest BCUT2D eigenvalue weighted by molar-refractivity contribution is 4.86. The molecule has 1 heteroatoms. The zero-order chi connectivity index (χ0) is 15.0. The van der Waals surface area contributed by atoms with E-state index in [2.05, 4.69) is 39.9 Å². The van der Waals surface area contributed by atoms with Crippen molar-refractivity contribution >= 4 is 0 Å². The van der Waals surface area contributed by atoms with Gasteiger partial charge in [0, 0.05) is 12.1 Å². The van der Waals surface area contributed by atoms with Gasteiger partial charge >= 0.3 is 0 Å². The number of nitrogens with one attached hydrogen (secondary N) is 1. The lowest BCUT2D eigenvalue weighted by molar-refractivity contribution is 0.159. The van der Waals surface area contributed by atoms with Crippen molar-refractivity contribution in [1.82, 2.24) is 5.32 Å². The van der Waals surface area contributed by atoms with Crippen LogP contribution < -0.4 is 5.32 Å². The lowest BCUT2D eigenvalue weighted by Gasteiger charge is -2.39. The molecule has 4 atom stereocenters. The second kappa shape index (κ2) is 9.82. The summed E-state index contributed by atoms with van der Waals surface area (Å²) in [4.78, 5) is 0. The lowest BCUT2D eigenvalue weighted by Crippen LogP contribution is -2.46. The molecule has 0 heterocycles. The van der Waals surface area contributed by atoms with Gasteiger partial charge in [0.15, 0.2) is 0 Å². The lowest BCUT2D eigenvalue weighted by atomic mass is 9.74. The van der Waals surface area contributed by atoms with Crippen LogP contribution in [0.25, 0.3) is 0 Å². The van der Waals surface area contributed by atoms with Gasteiger partial charge < -0.3 is 5.32 Å². The fourth-order valence-electron chi connectivity index (χ4n) is 3.90. The molecule has 0 bridgehead atoms. The van der Waals surface area contributed by atoms with Crippen molar-refractivity contribution in [3.05, 3.63) is 0 Å². The van der Waals surface area contributed by atoms with Crippen molar-refractivity contribution in [2.24, 2.45) is 17.8 Å². The second-order valence-corrected chi connectivity index (χ2v) is 7.70. The first kappa shape index (κ1) is 18.0. The van der Waals surface area contributed by atoms with Crippen molar-refractivity contribution in [1.29, 1.82) is 0 Å². The third kappa shape index (κ3) is 6.61. The Hall–Kier alpha value is -0.0400. The van der Waals surface area contributed by atoms with Crippen LogP contribution in [-0.2, 0) is 0 Å². The Morgan fingerprint density at radius 2 is 1.70 bits per heavy atom. The Bertz CT molecular complexity index is 236. The summed E-state index contributed by atoms with van der Waals surface area (Å²) >= 11 is 0. The minimum Gasteiger partial charge on any atom is -0.311 e. The molecule has 1 saturated carbocycles. The first-order chi connectivity index (χ1) is 9.54. The third-order valence-corrected chi connectivity index (χ3v) is 5.26. The topological polar surface area (TPSA) is 12.0 Å². The van der Waals surface area contributed by atoms with Gasteiger partial charge in [0.25, 0.3) is 0 Å². The molecule has 1 nitrogen and oxygen atoms in total. The van der Waals surface area contributed by atoms with Gasteiger partial charge in [-0.25, -0.2) is 0 Å². The minimum absolute atomic E-state index is 0.702. The van der Waals surface area contributed by atoms with Crippen molar-refractivity contribution in [3.8, 4) is 0 Å². The molecule has 120 valence electrons. The van der Waals surface area contributed by atoms with E-state index in [1.165, 1.54) is 57.8 Å². The van der Waals surface area contributed by atoms with E-state index in [0.717, 1.165) is 23.8 Å². The molecule has 0 aliphatic heterocycles. The van der Waals surface area contributed by atoms with Crippen LogP contribution in [-0.4, -0.2) is 12.1 Å². The van der Waals surface area contributed by atoms with E-state index in [-0.39, 0.29) is 0 Å². The first-order valence-electron chi connectivity index (χ1n) is 9.30. The van der Waals surface area contributed by atoms with Gasteiger partial charge in [0.05, 0.1) is 0 Å². The van der Waals surface area contributed by atoms with Crippen molar-refractivity contribution in [2.75, 3.05) is 0 Å². The summed E-state index contributed by atoms with van der Waals surface area (Å²) in [5.41, 5.74) is 0. The summed E-state index contributed by atoms with van der Waals surface area (Å²) in [5, 5.41) is 3.97. The molecule has 0 saturated heterocycles. The van der Waals surface area contributed by atoms with E-state index >= 15 is 0 Å². The van der Waals surface area contributed by atoms with Crippen molar-refractivity contribution in [2.45, 2.75) is 104 Å². The summed E-state index contributed by atoms with van der Waals surface area (Å²) < 4.78 is 0. The molecule has 20 heavy (non-hydrogen) atoms. The van der Waals surface area contributed by atoms with Crippen molar-refractivity contribution in [3.63, 3.8) is 0 Å². The van der Waals surface area contributed by atoms with Crippen molar-refractivity contribution < 1.29 is 0 Å². The molecule has 0 aromatic carbocycles. The van der Waals surface area contributed by atoms with E-state index in [4.69, 9.17) is 0 Å². The number of hydrogen-bond acceptors (Lipinski definition) is 1. The maximum atomic E-state index is 3.97. The van der Waals surface area contributed by atoms with Gasteiger partial charge in [-0.15, -0.1) is 0 Å². The molecular formula is C19H39N. The highest BCUT2D eigenvalue weighted by Crippen LogP contribution is 2.33. The van der Waals surface area contributed by atoms with E-state index < -0.39 is 0 Å². The van der Waals surface area contributed by atoms with Gasteiger partial charge in [0.1, 0.15) is 0 Å². The van der Waals surface area contributed by atoms with Gasteiger partial charge in [-0.2, -0.15) is 0 Å². The largest absolute Gasteiger partial charge is 0.311 e. The summed E-state index contributed by atoms with van der Waals surface area (Å²) in [6.07, 6.45) is 12.6. The molecular weight excluding hydrogens is 242 g/mol. The maximum Gasteiger partial charge on any atom is 0.0103 e. The molecule has 4 unspecified atom stereocenters. The Balaban J connectivity index is 2.28. The van der Waals surface area contributed by atoms with Crippen LogP contribution in [0.3, 0.4) is 0 Å². The zero-order valence-corrected chi connectivity index (χ0v) is 14.8. The summed E-state index contributed by atoms with van der Waals surface area (Å²) in [6, 6.07) is 1.47. The smallest absolute Gasteiger partial charge is 0.0103 e. The van der Waals surface area contributed by atoms with Gasteiger partial charge in [-0.3, -0.25) is 0 Å². The number of unbranched alkanes of at least 4 members (excludes halogenated alkanes) is 4. The number of hydrogen-bond donors (Lipinski definition) is 1. The van der Waals surface area contributed by atoms with E-state index in [0.29, 0.717) is 6.04 Å². The molecule has 0 amide bonds. The predicted molar refractivity (Wildman–Crippen MR) is 91.1 cm³/mol. The van der Waals surface area contributed by atoms with Gasteiger partial charge in [0.2, 0.25) is 0 Å². The molecule has 1 fully saturated rings. The van der Waals surface area contributed by atoms with Gasteiger partial charge in [-0.1, -0.05) is 66.2 Å². The van der Waals surface area contributed by atoms with Gasteiger partial charge in [-0.05, 0) is 43.9 Å². The predicted octanol–water partition coefficient (Wildman–Crippen LogP) is 5.79. The molecule has 1 N–H and O–H groups in total. The van der Waals surface area contributed by atoms with E-state index in [1.54, 1.807) is 0 Å². The summed E-state index contributed by atoms with van der Waals surface area (Å²) in [6.45, 7) is 11.9. The zero-order valence-electron chi connectivity index (χ0n) is 14.8. The Labute approximate surface area is 128 Å². The fourth-order valence-corrected chi connectivity index (χ4v) is 3.90. The van der Waals surface area contributed by atoms with Crippen LogP contribution in [0.5, 0.6) is 0 Å². The average molecular weight is 282 g/mol. The van der Waals surface area contributed by atoms with Crippen LogP contribution >= 0.6 is 0 Å². The Morgan fingerprint density at radius 3 is 2.35 bits per heavy atom. The molecule has 0 spiro atoms. The standard InChI is InChI=1S/C19H39N/c1-6-7-8-9-10-11-17(5)20-19-14-16(4)12-13-18(19)15(2)3/h15-20H,6-14H2,1-5H3. The molecule has 1 aliphatic carbocycles. The van der Waals surface area contributed by atoms with E-state index in [9.17, 15) is 0 Å².